The van der Waals surface area contributed by atoms with Gasteiger partial charge in [-0.25, -0.2) is 0 Å². The highest BCUT2D eigenvalue weighted by molar-refractivity contribution is 9.11. The van der Waals surface area contributed by atoms with E-state index in [2.05, 4.69) is 31.9 Å². The topological polar surface area (TPSA) is 53.7 Å². The number of methoxy groups -OCH3 is 3. The second kappa shape index (κ2) is 6.47. The summed E-state index contributed by atoms with van der Waals surface area (Å²) in [5.74, 6) is 1.77. The molecule has 0 radical (unpaired) electrons. The maximum atomic E-state index is 5.60. The normalized spacial score (nSPS) is 10.2. The first-order valence-corrected chi connectivity index (χ1v) is 6.56. The summed E-state index contributed by atoms with van der Waals surface area (Å²) in [5.41, 5.74) is 6.60. The lowest BCUT2D eigenvalue weighted by Gasteiger charge is -2.18. The largest absolute Gasteiger partial charge is 0.492 e. The van der Waals surface area contributed by atoms with Crippen LogP contribution >= 0.6 is 31.9 Å². The Kier molecular flexibility index (Phi) is 5.55. The zero-order valence-corrected chi connectivity index (χ0v) is 13.1. The third-order valence-electron chi connectivity index (χ3n) is 2.35. The summed E-state index contributed by atoms with van der Waals surface area (Å²) in [5, 5.41) is 0. The molecule has 0 heterocycles. The molecule has 0 bridgehead atoms. The second-order valence-corrected chi connectivity index (χ2v) is 4.83. The summed E-state index contributed by atoms with van der Waals surface area (Å²) in [4.78, 5) is 0. The van der Waals surface area contributed by atoms with E-state index in [4.69, 9.17) is 19.9 Å². The third kappa shape index (κ3) is 2.69. The van der Waals surface area contributed by atoms with Gasteiger partial charge >= 0.3 is 0 Å². The molecule has 0 saturated heterocycles. The van der Waals surface area contributed by atoms with Gasteiger partial charge in [-0.1, -0.05) is 0 Å². The molecular weight excluding hydrogens is 354 g/mol. The molecule has 0 unspecified atom stereocenters. The Hall–Kier alpha value is -0.460. The van der Waals surface area contributed by atoms with E-state index in [0.29, 0.717) is 30.2 Å². The highest BCUT2D eigenvalue weighted by Gasteiger charge is 2.23. The van der Waals surface area contributed by atoms with Gasteiger partial charge in [-0.2, -0.15) is 0 Å². The fraction of sp³-hybridized carbons (Fsp3) is 0.455. The van der Waals surface area contributed by atoms with Crippen molar-refractivity contribution in [2.24, 2.45) is 5.73 Å². The molecule has 0 atom stereocenters. The van der Waals surface area contributed by atoms with E-state index >= 15 is 0 Å². The second-order valence-electron chi connectivity index (χ2n) is 3.24. The Balaban J connectivity index is 3.54. The number of rotatable bonds is 5. The number of hydrogen-bond acceptors (Lipinski definition) is 4. The SMILES string of the molecule is COc1c(Br)c(CCN)c(Br)c(OC)c1OC. The maximum Gasteiger partial charge on any atom is 0.205 e. The van der Waals surface area contributed by atoms with Gasteiger partial charge in [0.25, 0.3) is 0 Å². The Bertz CT molecular complexity index is 379. The Morgan fingerprint density at radius 2 is 1.29 bits per heavy atom. The first kappa shape index (κ1) is 14.6. The fourth-order valence-corrected chi connectivity index (χ4v) is 3.33. The lowest BCUT2D eigenvalue weighted by atomic mass is 10.1. The minimum atomic E-state index is 0.538. The van der Waals surface area contributed by atoms with Crippen molar-refractivity contribution in [3.05, 3.63) is 14.5 Å². The third-order valence-corrected chi connectivity index (χ3v) is 4.03. The summed E-state index contributed by atoms with van der Waals surface area (Å²) in [6.45, 7) is 0.538. The summed E-state index contributed by atoms with van der Waals surface area (Å²) in [6, 6.07) is 0. The molecule has 0 saturated carbocycles. The molecule has 0 aliphatic rings. The van der Waals surface area contributed by atoms with Crippen molar-refractivity contribution < 1.29 is 14.2 Å². The molecule has 17 heavy (non-hydrogen) atoms. The number of halogens is 2. The van der Waals surface area contributed by atoms with Gasteiger partial charge in [-0.05, 0) is 50.4 Å². The molecular formula is C11H15Br2NO3. The number of hydrogen-bond donors (Lipinski definition) is 1. The van der Waals surface area contributed by atoms with E-state index < -0.39 is 0 Å². The first-order valence-electron chi connectivity index (χ1n) is 4.98. The van der Waals surface area contributed by atoms with Crippen molar-refractivity contribution >= 4 is 31.9 Å². The van der Waals surface area contributed by atoms with Crippen molar-refractivity contribution in [2.75, 3.05) is 27.9 Å². The van der Waals surface area contributed by atoms with Crippen molar-refractivity contribution in [2.45, 2.75) is 6.42 Å². The van der Waals surface area contributed by atoms with Crippen molar-refractivity contribution in [3.8, 4) is 17.2 Å². The lowest BCUT2D eigenvalue weighted by molar-refractivity contribution is 0.321. The smallest absolute Gasteiger partial charge is 0.205 e. The van der Waals surface area contributed by atoms with Gasteiger partial charge in [0.05, 0.1) is 30.3 Å². The van der Waals surface area contributed by atoms with Crippen molar-refractivity contribution in [3.63, 3.8) is 0 Å². The van der Waals surface area contributed by atoms with Crippen LogP contribution in [0.2, 0.25) is 0 Å². The van der Waals surface area contributed by atoms with Gasteiger partial charge in [-0.15, -0.1) is 0 Å². The summed E-state index contributed by atoms with van der Waals surface area (Å²) >= 11 is 7.00. The number of benzene rings is 1. The zero-order valence-electron chi connectivity index (χ0n) is 9.97. The maximum absolute atomic E-state index is 5.60. The first-order chi connectivity index (χ1) is 8.12. The van der Waals surface area contributed by atoms with Crippen LogP contribution in [0.3, 0.4) is 0 Å². The molecule has 1 aromatic rings. The zero-order chi connectivity index (χ0) is 13.0. The average molecular weight is 369 g/mol. The number of nitrogens with two attached hydrogens (primary N) is 1. The van der Waals surface area contributed by atoms with E-state index in [1.54, 1.807) is 21.3 Å². The van der Waals surface area contributed by atoms with E-state index in [9.17, 15) is 0 Å². The standard InChI is InChI=1S/C11H15Br2NO3/c1-15-9-7(12)6(4-5-14)8(13)10(16-2)11(9)17-3/h4-5,14H2,1-3H3. The van der Waals surface area contributed by atoms with Crippen LogP contribution < -0.4 is 19.9 Å². The summed E-state index contributed by atoms with van der Waals surface area (Å²) in [6.07, 6.45) is 0.706. The van der Waals surface area contributed by atoms with E-state index in [0.717, 1.165) is 14.5 Å². The molecule has 6 heteroatoms. The van der Waals surface area contributed by atoms with Crippen LogP contribution in [0.25, 0.3) is 0 Å². The van der Waals surface area contributed by atoms with Crippen LogP contribution in [-0.4, -0.2) is 27.9 Å². The molecule has 0 aliphatic heterocycles. The Labute approximate surface area is 118 Å². The van der Waals surface area contributed by atoms with Crippen LogP contribution in [0.1, 0.15) is 5.56 Å². The minimum Gasteiger partial charge on any atom is -0.492 e. The van der Waals surface area contributed by atoms with Gasteiger partial charge in [0.2, 0.25) is 5.75 Å². The fourth-order valence-electron chi connectivity index (χ4n) is 1.59. The van der Waals surface area contributed by atoms with Crippen LogP contribution in [0.4, 0.5) is 0 Å². The van der Waals surface area contributed by atoms with E-state index in [1.807, 2.05) is 0 Å². The molecule has 4 nitrogen and oxygen atoms in total. The molecule has 2 N–H and O–H groups in total. The predicted octanol–water partition coefficient (Wildman–Crippen LogP) is 2.74. The van der Waals surface area contributed by atoms with Gasteiger partial charge in [0, 0.05) is 0 Å². The van der Waals surface area contributed by atoms with Crippen LogP contribution in [-0.2, 0) is 6.42 Å². The lowest BCUT2D eigenvalue weighted by Crippen LogP contribution is -2.07. The van der Waals surface area contributed by atoms with Crippen molar-refractivity contribution in [1.29, 1.82) is 0 Å². The molecule has 1 aromatic carbocycles. The van der Waals surface area contributed by atoms with Crippen LogP contribution in [0, 0.1) is 0 Å². The molecule has 0 aromatic heterocycles. The molecule has 96 valence electrons. The average Bonchev–Trinajstić information content (AvgIpc) is 2.33. The Morgan fingerprint density at radius 3 is 1.59 bits per heavy atom. The van der Waals surface area contributed by atoms with Crippen LogP contribution in [0.5, 0.6) is 17.2 Å². The van der Waals surface area contributed by atoms with Gasteiger partial charge in [0.1, 0.15) is 0 Å². The Morgan fingerprint density at radius 1 is 0.882 bits per heavy atom. The van der Waals surface area contributed by atoms with Gasteiger partial charge in [0.15, 0.2) is 11.5 Å². The number of ether oxygens (including phenoxy) is 3. The summed E-state index contributed by atoms with van der Waals surface area (Å²) in [7, 11) is 4.74. The quantitative estimate of drug-likeness (QED) is 0.868. The monoisotopic (exact) mass is 367 g/mol. The molecule has 0 spiro atoms. The highest BCUT2D eigenvalue weighted by atomic mass is 79.9. The molecule has 0 amide bonds. The molecule has 1 rings (SSSR count). The van der Waals surface area contributed by atoms with E-state index in [-0.39, 0.29) is 0 Å². The van der Waals surface area contributed by atoms with Crippen LogP contribution in [0.15, 0.2) is 8.95 Å². The highest BCUT2D eigenvalue weighted by Crippen LogP contribution is 2.50. The van der Waals surface area contributed by atoms with Gasteiger partial charge in [-0.3, -0.25) is 0 Å². The minimum absolute atomic E-state index is 0.538. The predicted molar refractivity (Wildman–Crippen MR) is 74.3 cm³/mol. The molecule has 0 fully saturated rings. The van der Waals surface area contributed by atoms with E-state index in [1.165, 1.54) is 0 Å². The van der Waals surface area contributed by atoms with Gasteiger partial charge < -0.3 is 19.9 Å². The summed E-state index contributed by atoms with van der Waals surface area (Å²) < 4.78 is 17.6. The van der Waals surface area contributed by atoms with Crippen molar-refractivity contribution in [1.82, 2.24) is 0 Å². The molecule has 0 aliphatic carbocycles.